The van der Waals surface area contributed by atoms with Crippen molar-refractivity contribution in [2.24, 2.45) is 0 Å². The van der Waals surface area contributed by atoms with Crippen molar-refractivity contribution in [2.45, 2.75) is 12.8 Å². The summed E-state index contributed by atoms with van der Waals surface area (Å²) in [6.45, 7) is 0. The van der Waals surface area contributed by atoms with E-state index in [9.17, 15) is 17.6 Å². The lowest BCUT2D eigenvalue weighted by molar-refractivity contribution is -0.274. The maximum atomic E-state index is 13.1. The van der Waals surface area contributed by atoms with Crippen LogP contribution in [-0.2, 0) is 6.42 Å². The SMILES string of the molecule is N#CCc1cc(F)cnc1-c1ccc(OC(F)(F)F)cc1. The van der Waals surface area contributed by atoms with Crippen molar-refractivity contribution in [1.82, 2.24) is 4.98 Å². The molecule has 0 unspecified atom stereocenters. The van der Waals surface area contributed by atoms with Crippen LogP contribution in [0, 0.1) is 17.1 Å². The van der Waals surface area contributed by atoms with Crippen LogP contribution in [0.3, 0.4) is 0 Å². The Bertz CT molecular complexity index is 675. The number of halogens is 4. The summed E-state index contributed by atoms with van der Waals surface area (Å²) in [5, 5.41) is 8.71. The average molecular weight is 296 g/mol. The van der Waals surface area contributed by atoms with E-state index >= 15 is 0 Å². The lowest BCUT2D eigenvalue weighted by Gasteiger charge is -2.10. The van der Waals surface area contributed by atoms with Gasteiger partial charge in [0.25, 0.3) is 0 Å². The van der Waals surface area contributed by atoms with Gasteiger partial charge >= 0.3 is 6.36 Å². The number of rotatable bonds is 3. The molecule has 0 aliphatic heterocycles. The molecule has 0 saturated heterocycles. The maximum absolute atomic E-state index is 13.1. The molecule has 2 aromatic rings. The summed E-state index contributed by atoms with van der Waals surface area (Å²) in [7, 11) is 0. The molecular formula is C14H8F4N2O. The summed E-state index contributed by atoms with van der Waals surface area (Å²) in [5.41, 5.74) is 1.17. The fraction of sp³-hybridized carbons (Fsp3) is 0.143. The highest BCUT2D eigenvalue weighted by Gasteiger charge is 2.31. The molecule has 0 radical (unpaired) electrons. The normalized spacial score (nSPS) is 11.0. The summed E-state index contributed by atoms with van der Waals surface area (Å²) in [6, 6.07) is 8.04. The molecule has 1 heterocycles. The van der Waals surface area contributed by atoms with Gasteiger partial charge in [-0.3, -0.25) is 4.98 Å². The van der Waals surface area contributed by atoms with Crippen molar-refractivity contribution in [2.75, 3.05) is 0 Å². The second kappa shape index (κ2) is 5.79. The highest BCUT2D eigenvalue weighted by molar-refractivity contribution is 5.64. The van der Waals surface area contributed by atoms with Gasteiger partial charge in [-0.1, -0.05) is 0 Å². The molecular weight excluding hydrogens is 288 g/mol. The molecule has 0 saturated carbocycles. The first-order chi connectivity index (χ1) is 9.89. The second-order valence-corrected chi connectivity index (χ2v) is 4.07. The standard InChI is InChI=1S/C14H8F4N2O/c15-11-7-10(5-6-19)13(20-8-11)9-1-3-12(4-2-9)21-14(16,17)18/h1-4,7-8H,5H2. The smallest absolute Gasteiger partial charge is 0.406 e. The minimum atomic E-state index is -4.76. The van der Waals surface area contributed by atoms with E-state index in [2.05, 4.69) is 9.72 Å². The molecule has 2 rings (SSSR count). The van der Waals surface area contributed by atoms with Crippen LogP contribution < -0.4 is 4.74 Å². The summed E-state index contributed by atoms with van der Waals surface area (Å²) >= 11 is 0. The summed E-state index contributed by atoms with van der Waals surface area (Å²) < 4.78 is 53.1. The Morgan fingerprint density at radius 1 is 1.19 bits per heavy atom. The number of pyridine rings is 1. The van der Waals surface area contributed by atoms with Crippen molar-refractivity contribution < 1.29 is 22.3 Å². The van der Waals surface area contributed by atoms with Crippen LogP contribution in [0.25, 0.3) is 11.3 Å². The molecule has 1 aromatic carbocycles. The monoisotopic (exact) mass is 296 g/mol. The first kappa shape index (κ1) is 14.8. The zero-order chi connectivity index (χ0) is 15.5. The fourth-order valence-corrected chi connectivity index (χ4v) is 1.78. The van der Waals surface area contributed by atoms with E-state index in [0.29, 0.717) is 16.8 Å². The molecule has 7 heteroatoms. The van der Waals surface area contributed by atoms with E-state index in [-0.39, 0.29) is 12.2 Å². The van der Waals surface area contributed by atoms with Crippen LogP contribution >= 0.6 is 0 Å². The second-order valence-electron chi connectivity index (χ2n) is 4.07. The van der Waals surface area contributed by atoms with E-state index in [1.54, 1.807) is 0 Å². The molecule has 1 aromatic heterocycles. The van der Waals surface area contributed by atoms with Crippen LogP contribution in [0.2, 0.25) is 0 Å². The molecule has 0 atom stereocenters. The lowest BCUT2D eigenvalue weighted by Crippen LogP contribution is -2.16. The Morgan fingerprint density at radius 3 is 2.43 bits per heavy atom. The minimum absolute atomic E-state index is 0.0547. The first-order valence-electron chi connectivity index (χ1n) is 5.76. The summed E-state index contributed by atoms with van der Waals surface area (Å²) in [5.74, 6) is -0.948. The molecule has 21 heavy (non-hydrogen) atoms. The molecule has 0 aliphatic rings. The fourth-order valence-electron chi connectivity index (χ4n) is 1.78. The summed E-state index contributed by atoms with van der Waals surface area (Å²) in [4.78, 5) is 3.88. The van der Waals surface area contributed by atoms with Gasteiger partial charge in [0.05, 0.1) is 24.4 Å². The van der Waals surface area contributed by atoms with Gasteiger partial charge in [-0.2, -0.15) is 5.26 Å². The van der Waals surface area contributed by atoms with Crippen molar-refractivity contribution >= 4 is 0 Å². The van der Waals surface area contributed by atoms with Crippen molar-refractivity contribution in [3.8, 4) is 23.1 Å². The Balaban J connectivity index is 2.33. The quantitative estimate of drug-likeness (QED) is 0.808. The minimum Gasteiger partial charge on any atom is -0.406 e. The number of ether oxygens (including phenoxy) is 1. The molecule has 0 N–H and O–H groups in total. The Kier molecular flexibility index (Phi) is 4.08. The number of hydrogen-bond donors (Lipinski definition) is 0. The highest BCUT2D eigenvalue weighted by atomic mass is 19.4. The van der Waals surface area contributed by atoms with Crippen LogP contribution in [0.5, 0.6) is 5.75 Å². The van der Waals surface area contributed by atoms with Gasteiger partial charge in [-0.25, -0.2) is 4.39 Å². The molecule has 3 nitrogen and oxygen atoms in total. The molecule has 0 spiro atoms. The van der Waals surface area contributed by atoms with Crippen molar-refractivity contribution in [3.05, 3.63) is 47.9 Å². The average Bonchev–Trinajstić information content (AvgIpc) is 2.39. The Labute approximate surface area is 117 Å². The topological polar surface area (TPSA) is 45.9 Å². The predicted octanol–water partition coefficient (Wildman–Crippen LogP) is 3.85. The zero-order valence-electron chi connectivity index (χ0n) is 10.5. The summed E-state index contributed by atoms with van der Waals surface area (Å²) in [6.07, 6.45) is -3.83. The number of nitrogens with zero attached hydrogens (tertiary/aromatic N) is 2. The van der Waals surface area contributed by atoms with E-state index in [1.807, 2.05) is 6.07 Å². The highest BCUT2D eigenvalue weighted by Crippen LogP contribution is 2.27. The largest absolute Gasteiger partial charge is 0.573 e. The number of hydrogen-bond acceptors (Lipinski definition) is 3. The number of benzene rings is 1. The Morgan fingerprint density at radius 2 is 1.86 bits per heavy atom. The van der Waals surface area contributed by atoms with E-state index in [0.717, 1.165) is 18.3 Å². The third kappa shape index (κ3) is 3.92. The third-order valence-corrected chi connectivity index (χ3v) is 2.56. The van der Waals surface area contributed by atoms with E-state index in [4.69, 9.17) is 5.26 Å². The van der Waals surface area contributed by atoms with Crippen LogP contribution in [0.1, 0.15) is 5.56 Å². The molecule has 0 fully saturated rings. The lowest BCUT2D eigenvalue weighted by atomic mass is 10.0. The third-order valence-electron chi connectivity index (χ3n) is 2.56. The van der Waals surface area contributed by atoms with Crippen molar-refractivity contribution in [3.63, 3.8) is 0 Å². The maximum Gasteiger partial charge on any atom is 0.573 e. The van der Waals surface area contributed by atoms with Crippen LogP contribution in [0.15, 0.2) is 36.5 Å². The zero-order valence-corrected chi connectivity index (χ0v) is 10.5. The van der Waals surface area contributed by atoms with Crippen molar-refractivity contribution in [1.29, 1.82) is 5.26 Å². The number of alkyl halides is 3. The van der Waals surface area contributed by atoms with Gasteiger partial charge < -0.3 is 4.74 Å². The van der Waals surface area contributed by atoms with E-state index < -0.39 is 12.2 Å². The van der Waals surface area contributed by atoms with Gasteiger partial charge in [-0.05, 0) is 35.9 Å². The van der Waals surface area contributed by atoms with Gasteiger partial charge in [0, 0.05) is 5.56 Å². The molecule has 0 amide bonds. The molecule has 0 aliphatic carbocycles. The van der Waals surface area contributed by atoms with E-state index in [1.165, 1.54) is 18.2 Å². The predicted molar refractivity (Wildman–Crippen MR) is 65.6 cm³/mol. The first-order valence-corrected chi connectivity index (χ1v) is 5.76. The van der Waals surface area contributed by atoms with Crippen LogP contribution in [-0.4, -0.2) is 11.3 Å². The van der Waals surface area contributed by atoms with Gasteiger partial charge in [0.2, 0.25) is 0 Å². The Hall–Kier alpha value is -2.62. The molecule has 108 valence electrons. The van der Waals surface area contributed by atoms with Gasteiger partial charge in [-0.15, -0.1) is 13.2 Å². The van der Waals surface area contributed by atoms with Crippen LogP contribution in [0.4, 0.5) is 17.6 Å². The number of aromatic nitrogens is 1. The number of nitriles is 1. The van der Waals surface area contributed by atoms with Gasteiger partial charge in [0.15, 0.2) is 0 Å². The molecule has 0 bridgehead atoms. The van der Waals surface area contributed by atoms with Gasteiger partial charge in [0.1, 0.15) is 11.6 Å².